The highest BCUT2D eigenvalue weighted by Crippen LogP contribution is 2.16. The van der Waals surface area contributed by atoms with Crippen LogP contribution in [0.1, 0.15) is 5.69 Å². The topological polar surface area (TPSA) is 31.4 Å². The Hall–Kier alpha value is -1.71. The minimum atomic E-state index is 0.518. The number of ether oxygens (including phenoxy) is 2. The van der Waals surface area contributed by atoms with Crippen molar-refractivity contribution in [3.63, 3.8) is 0 Å². The summed E-state index contributed by atoms with van der Waals surface area (Å²) in [5, 5.41) is 0. The van der Waals surface area contributed by atoms with Crippen LogP contribution < -0.4 is 0 Å². The summed E-state index contributed by atoms with van der Waals surface area (Å²) in [7, 11) is 1.66. The van der Waals surface area contributed by atoms with E-state index in [0.29, 0.717) is 19.8 Å². The molecule has 1 heterocycles. The van der Waals surface area contributed by atoms with Crippen LogP contribution in [-0.2, 0) is 16.1 Å². The molecule has 0 N–H and O–H groups in total. The Morgan fingerprint density at radius 3 is 2.56 bits per heavy atom. The van der Waals surface area contributed by atoms with Crippen molar-refractivity contribution in [2.24, 2.45) is 0 Å². The molecule has 18 heavy (non-hydrogen) atoms. The number of aromatic nitrogens is 1. The van der Waals surface area contributed by atoms with Gasteiger partial charge in [0.2, 0.25) is 0 Å². The molecule has 0 spiro atoms. The van der Waals surface area contributed by atoms with Crippen LogP contribution in [0.5, 0.6) is 0 Å². The van der Waals surface area contributed by atoms with E-state index in [-0.39, 0.29) is 0 Å². The Bertz CT molecular complexity index is 471. The first-order chi connectivity index (χ1) is 8.90. The van der Waals surface area contributed by atoms with E-state index in [1.807, 2.05) is 36.4 Å². The van der Waals surface area contributed by atoms with E-state index in [2.05, 4.69) is 17.1 Å². The lowest BCUT2D eigenvalue weighted by Gasteiger charge is -2.05. The summed E-state index contributed by atoms with van der Waals surface area (Å²) in [6.45, 7) is 1.72. The molecule has 0 bridgehead atoms. The molecule has 94 valence electrons. The number of rotatable bonds is 6. The zero-order valence-electron chi connectivity index (χ0n) is 10.5. The van der Waals surface area contributed by atoms with Gasteiger partial charge in [-0.25, -0.2) is 0 Å². The maximum absolute atomic E-state index is 5.46. The number of nitrogens with zero attached hydrogens (tertiary/aromatic N) is 1. The van der Waals surface area contributed by atoms with Crippen molar-refractivity contribution < 1.29 is 9.47 Å². The zero-order valence-corrected chi connectivity index (χ0v) is 10.5. The van der Waals surface area contributed by atoms with Crippen molar-refractivity contribution in [2.75, 3.05) is 20.3 Å². The first kappa shape index (κ1) is 12.7. The number of methoxy groups -OCH3 is 1. The summed E-state index contributed by atoms with van der Waals surface area (Å²) in [5.41, 5.74) is 3.03. The normalized spacial score (nSPS) is 10.5. The molecule has 0 aliphatic carbocycles. The molecule has 1 aromatic heterocycles. The predicted molar refractivity (Wildman–Crippen MR) is 71.2 cm³/mol. The first-order valence-corrected chi connectivity index (χ1v) is 5.98. The van der Waals surface area contributed by atoms with E-state index in [4.69, 9.17) is 9.47 Å². The van der Waals surface area contributed by atoms with Crippen molar-refractivity contribution in [3.05, 3.63) is 54.2 Å². The molecule has 0 radical (unpaired) electrons. The smallest absolute Gasteiger partial charge is 0.0889 e. The van der Waals surface area contributed by atoms with Crippen LogP contribution in [0.25, 0.3) is 11.3 Å². The summed E-state index contributed by atoms with van der Waals surface area (Å²) in [4.78, 5) is 4.57. The summed E-state index contributed by atoms with van der Waals surface area (Å²) in [5.74, 6) is 0. The lowest BCUT2D eigenvalue weighted by Crippen LogP contribution is -2.03. The molecule has 0 aliphatic rings. The SMILES string of the molecule is COCCOCc1cccc(-c2ccccc2)n1. The van der Waals surface area contributed by atoms with Gasteiger partial charge < -0.3 is 9.47 Å². The molecule has 3 nitrogen and oxygen atoms in total. The predicted octanol–water partition coefficient (Wildman–Crippen LogP) is 2.91. The van der Waals surface area contributed by atoms with Crippen molar-refractivity contribution in [1.29, 1.82) is 0 Å². The molecule has 3 heteroatoms. The Morgan fingerprint density at radius 1 is 0.944 bits per heavy atom. The Labute approximate surface area is 107 Å². The molecule has 1 aromatic carbocycles. The number of hydrogen-bond donors (Lipinski definition) is 0. The average molecular weight is 243 g/mol. The highest BCUT2D eigenvalue weighted by Gasteiger charge is 2.00. The van der Waals surface area contributed by atoms with Gasteiger partial charge in [0.05, 0.1) is 31.2 Å². The summed E-state index contributed by atoms with van der Waals surface area (Å²) < 4.78 is 10.4. The Morgan fingerprint density at radius 2 is 1.78 bits per heavy atom. The summed E-state index contributed by atoms with van der Waals surface area (Å²) in [6.07, 6.45) is 0. The monoisotopic (exact) mass is 243 g/mol. The van der Waals surface area contributed by atoms with Gasteiger partial charge in [0.15, 0.2) is 0 Å². The van der Waals surface area contributed by atoms with Crippen molar-refractivity contribution in [2.45, 2.75) is 6.61 Å². The van der Waals surface area contributed by atoms with E-state index in [1.165, 1.54) is 0 Å². The van der Waals surface area contributed by atoms with Gasteiger partial charge in [0, 0.05) is 12.7 Å². The van der Waals surface area contributed by atoms with Crippen LogP contribution in [0.3, 0.4) is 0 Å². The van der Waals surface area contributed by atoms with Gasteiger partial charge in [-0.1, -0.05) is 36.4 Å². The Balaban J connectivity index is 2.02. The third-order valence-corrected chi connectivity index (χ3v) is 2.56. The van der Waals surface area contributed by atoms with E-state index < -0.39 is 0 Å². The largest absolute Gasteiger partial charge is 0.382 e. The van der Waals surface area contributed by atoms with Crippen LogP contribution >= 0.6 is 0 Å². The first-order valence-electron chi connectivity index (χ1n) is 5.98. The van der Waals surface area contributed by atoms with E-state index in [0.717, 1.165) is 17.0 Å². The number of hydrogen-bond acceptors (Lipinski definition) is 3. The molecule has 0 amide bonds. The molecular formula is C15H17NO2. The van der Waals surface area contributed by atoms with Crippen molar-refractivity contribution in [3.8, 4) is 11.3 Å². The minimum absolute atomic E-state index is 0.518. The quantitative estimate of drug-likeness (QED) is 0.731. The van der Waals surface area contributed by atoms with E-state index in [9.17, 15) is 0 Å². The van der Waals surface area contributed by atoms with Gasteiger partial charge >= 0.3 is 0 Å². The lowest BCUT2D eigenvalue weighted by atomic mass is 10.1. The van der Waals surface area contributed by atoms with Gasteiger partial charge in [-0.15, -0.1) is 0 Å². The molecule has 0 atom stereocenters. The second kappa shape index (κ2) is 6.89. The molecule has 0 unspecified atom stereocenters. The Kier molecular flexibility index (Phi) is 4.88. The second-order valence-corrected chi connectivity index (χ2v) is 3.93. The summed E-state index contributed by atoms with van der Waals surface area (Å²) in [6, 6.07) is 16.1. The fourth-order valence-electron chi connectivity index (χ4n) is 1.65. The number of benzene rings is 1. The summed E-state index contributed by atoms with van der Waals surface area (Å²) >= 11 is 0. The van der Waals surface area contributed by atoms with E-state index in [1.54, 1.807) is 7.11 Å². The van der Waals surface area contributed by atoms with Crippen LogP contribution in [0.15, 0.2) is 48.5 Å². The van der Waals surface area contributed by atoms with Gasteiger partial charge in [-0.3, -0.25) is 4.98 Å². The van der Waals surface area contributed by atoms with Crippen molar-refractivity contribution in [1.82, 2.24) is 4.98 Å². The molecule has 0 fully saturated rings. The highest BCUT2D eigenvalue weighted by atomic mass is 16.5. The van der Waals surface area contributed by atoms with Crippen LogP contribution in [-0.4, -0.2) is 25.3 Å². The van der Waals surface area contributed by atoms with Gasteiger partial charge in [-0.2, -0.15) is 0 Å². The maximum atomic E-state index is 5.46. The third-order valence-electron chi connectivity index (χ3n) is 2.56. The van der Waals surface area contributed by atoms with Crippen molar-refractivity contribution >= 4 is 0 Å². The van der Waals surface area contributed by atoms with Crippen LogP contribution in [0, 0.1) is 0 Å². The maximum Gasteiger partial charge on any atom is 0.0889 e. The third kappa shape index (κ3) is 3.65. The van der Waals surface area contributed by atoms with Crippen LogP contribution in [0.4, 0.5) is 0 Å². The van der Waals surface area contributed by atoms with Crippen LogP contribution in [0.2, 0.25) is 0 Å². The minimum Gasteiger partial charge on any atom is -0.382 e. The van der Waals surface area contributed by atoms with Gasteiger partial charge in [0.1, 0.15) is 0 Å². The molecule has 0 saturated heterocycles. The fraction of sp³-hybridized carbons (Fsp3) is 0.267. The average Bonchev–Trinajstić information content (AvgIpc) is 2.45. The van der Waals surface area contributed by atoms with Gasteiger partial charge in [0.25, 0.3) is 0 Å². The molecular weight excluding hydrogens is 226 g/mol. The molecule has 0 saturated carbocycles. The molecule has 0 aliphatic heterocycles. The fourth-order valence-corrected chi connectivity index (χ4v) is 1.65. The zero-order chi connectivity index (χ0) is 12.6. The standard InChI is InChI=1S/C15H17NO2/c1-17-10-11-18-12-14-8-5-9-15(16-14)13-6-3-2-4-7-13/h2-9H,10-12H2,1H3. The molecule has 2 aromatic rings. The molecule has 2 rings (SSSR count). The lowest BCUT2D eigenvalue weighted by molar-refractivity contribution is 0.0602. The van der Waals surface area contributed by atoms with Gasteiger partial charge in [-0.05, 0) is 12.1 Å². The second-order valence-electron chi connectivity index (χ2n) is 3.93. The highest BCUT2D eigenvalue weighted by molar-refractivity contribution is 5.58. The number of pyridine rings is 1. The van der Waals surface area contributed by atoms with E-state index >= 15 is 0 Å².